The molecule has 0 aliphatic rings. The van der Waals surface area contributed by atoms with Crippen molar-refractivity contribution in [2.24, 2.45) is 5.73 Å². The van der Waals surface area contributed by atoms with E-state index in [0.29, 0.717) is 18.7 Å². The average Bonchev–Trinajstić information content (AvgIpc) is 2.70. The third kappa shape index (κ3) is 3.09. The standard InChI is InChI=1S/C11H18N2O2/c1-9(2)13(6-3-5-12)11(14)10-4-7-15-8-10/h4,7-9H,3,5-6,12H2,1-2H3. The molecule has 0 aliphatic heterocycles. The van der Waals surface area contributed by atoms with Gasteiger partial charge in [-0.25, -0.2) is 0 Å². The summed E-state index contributed by atoms with van der Waals surface area (Å²) < 4.78 is 4.90. The minimum atomic E-state index is 0.00667. The van der Waals surface area contributed by atoms with Gasteiger partial charge in [-0.2, -0.15) is 0 Å². The van der Waals surface area contributed by atoms with Crippen molar-refractivity contribution in [2.75, 3.05) is 13.1 Å². The normalized spacial score (nSPS) is 10.7. The SMILES string of the molecule is CC(C)N(CCCN)C(=O)c1ccoc1. The number of carbonyl (C=O) groups is 1. The van der Waals surface area contributed by atoms with Crippen LogP contribution in [0.25, 0.3) is 0 Å². The summed E-state index contributed by atoms with van der Waals surface area (Å²) in [6.45, 7) is 5.28. The molecule has 0 saturated heterocycles. The van der Waals surface area contributed by atoms with Crippen LogP contribution >= 0.6 is 0 Å². The molecule has 1 heterocycles. The molecule has 1 rings (SSSR count). The highest BCUT2D eigenvalue weighted by Gasteiger charge is 2.18. The van der Waals surface area contributed by atoms with E-state index in [1.807, 2.05) is 13.8 Å². The molecule has 1 aromatic rings. The number of amides is 1. The lowest BCUT2D eigenvalue weighted by molar-refractivity contribution is 0.0704. The number of nitrogens with two attached hydrogens (primary N) is 1. The van der Waals surface area contributed by atoms with E-state index in [1.54, 1.807) is 11.0 Å². The molecule has 0 aliphatic carbocycles. The molecule has 0 bridgehead atoms. The maximum Gasteiger partial charge on any atom is 0.257 e. The fraction of sp³-hybridized carbons (Fsp3) is 0.545. The Hall–Kier alpha value is -1.29. The van der Waals surface area contributed by atoms with Crippen molar-refractivity contribution in [3.05, 3.63) is 24.2 Å². The van der Waals surface area contributed by atoms with Crippen molar-refractivity contribution in [3.8, 4) is 0 Å². The smallest absolute Gasteiger partial charge is 0.257 e. The van der Waals surface area contributed by atoms with Crippen LogP contribution in [0.5, 0.6) is 0 Å². The van der Waals surface area contributed by atoms with Crippen LogP contribution in [0.4, 0.5) is 0 Å². The fourth-order valence-electron chi connectivity index (χ4n) is 1.41. The van der Waals surface area contributed by atoms with E-state index in [1.165, 1.54) is 12.5 Å². The summed E-state index contributed by atoms with van der Waals surface area (Å²) in [6, 6.07) is 1.86. The van der Waals surface area contributed by atoms with Gasteiger partial charge in [0.15, 0.2) is 0 Å². The first-order valence-electron chi connectivity index (χ1n) is 5.20. The number of furan rings is 1. The van der Waals surface area contributed by atoms with E-state index >= 15 is 0 Å². The van der Waals surface area contributed by atoms with Crippen LogP contribution < -0.4 is 5.73 Å². The van der Waals surface area contributed by atoms with Crippen molar-refractivity contribution < 1.29 is 9.21 Å². The molecule has 0 spiro atoms. The second-order valence-corrected chi connectivity index (χ2v) is 3.75. The zero-order valence-electron chi connectivity index (χ0n) is 9.27. The van der Waals surface area contributed by atoms with Gasteiger partial charge in [-0.15, -0.1) is 0 Å². The fourth-order valence-corrected chi connectivity index (χ4v) is 1.41. The quantitative estimate of drug-likeness (QED) is 0.800. The van der Waals surface area contributed by atoms with Gasteiger partial charge >= 0.3 is 0 Å². The van der Waals surface area contributed by atoms with Gasteiger partial charge in [-0.1, -0.05) is 0 Å². The molecule has 0 radical (unpaired) electrons. The van der Waals surface area contributed by atoms with Crippen molar-refractivity contribution in [2.45, 2.75) is 26.3 Å². The molecule has 4 nitrogen and oxygen atoms in total. The summed E-state index contributed by atoms with van der Waals surface area (Å²) in [4.78, 5) is 13.8. The van der Waals surface area contributed by atoms with Crippen LogP contribution in [0, 0.1) is 0 Å². The molecular weight excluding hydrogens is 192 g/mol. The van der Waals surface area contributed by atoms with Gasteiger partial charge in [0.1, 0.15) is 6.26 Å². The minimum Gasteiger partial charge on any atom is -0.472 e. The molecule has 2 N–H and O–H groups in total. The first-order chi connectivity index (χ1) is 7.16. The highest BCUT2D eigenvalue weighted by Crippen LogP contribution is 2.09. The van der Waals surface area contributed by atoms with Crippen molar-refractivity contribution >= 4 is 5.91 Å². The zero-order valence-corrected chi connectivity index (χ0v) is 9.27. The predicted molar refractivity (Wildman–Crippen MR) is 58.6 cm³/mol. The van der Waals surface area contributed by atoms with Crippen LogP contribution in [-0.2, 0) is 0 Å². The van der Waals surface area contributed by atoms with Gasteiger partial charge in [0, 0.05) is 12.6 Å². The van der Waals surface area contributed by atoms with Crippen LogP contribution in [0.1, 0.15) is 30.6 Å². The number of rotatable bonds is 5. The second-order valence-electron chi connectivity index (χ2n) is 3.75. The largest absolute Gasteiger partial charge is 0.472 e. The number of hydrogen-bond acceptors (Lipinski definition) is 3. The molecule has 0 unspecified atom stereocenters. The van der Waals surface area contributed by atoms with Gasteiger partial charge in [0.25, 0.3) is 5.91 Å². The van der Waals surface area contributed by atoms with E-state index in [2.05, 4.69) is 0 Å². The summed E-state index contributed by atoms with van der Waals surface area (Å²) in [5.74, 6) is 0.00667. The first kappa shape index (κ1) is 11.8. The molecule has 0 saturated carbocycles. The molecule has 0 atom stereocenters. The Morgan fingerprint density at radius 1 is 1.60 bits per heavy atom. The lowest BCUT2D eigenvalue weighted by Crippen LogP contribution is -2.38. The van der Waals surface area contributed by atoms with Crippen LogP contribution in [-0.4, -0.2) is 29.9 Å². The Bertz CT molecular complexity index is 294. The summed E-state index contributed by atoms with van der Waals surface area (Å²) in [5.41, 5.74) is 6.04. The van der Waals surface area contributed by atoms with E-state index < -0.39 is 0 Å². The Morgan fingerprint density at radius 3 is 2.80 bits per heavy atom. The molecule has 1 aromatic heterocycles. The van der Waals surface area contributed by atoms with E-state index in [-0.39, 0.29) is 11.9 Å². The first-order valence-corrected chi connectivity index (χ1v) is 5.20. The van der Waals surface area contributed by atoms with E-state index in [0.717, 1.165) is 6.42 Å². The third-order valence-corrected chi connectivity index (χ3v) is 2.26. The summed E-state index contributed by atoms with van der Waals surface area (Å²) in [6.07, 6.45) is 3.80. The molecule has 1 amide bonds. The number of hydrogen-bond donors (Lipinski definition) is 1. The van der Waals surface area contributed by atoms with Crippen molar-refractivity contribution in [1.29, 1.82) is 0 Å². The third-order valence-electron chi connectivity index (χ3n) is 2.26. The Labute approximate surface area is 90.0 Å². The maximum absolute atomic E-state index is 12.0. The highest BCUT2D eigenvalue weighted by atomic mass is 16.3. The van der Waals surface area contributed by atoms with Crippen LogP contribution in [0.15, 0.2) is 23.0 Å². The monoisotopic (exact) mass is 210 g/mol. The summed E-state index contributed by atoms with van der Waals surface area (Å²) in [7, 11) is 0. The number of carbonyl (C=O) groups excluding carboxylic acids is 1. The molecular formula is C11H18N2O2. The molecule has 84 valence electrons. The minimum absolute atomic E-state index is 0.00667. The predicted octanol–water partition coefficient (Wildman–Crippen LogP) is 1.48. The topological polar surface area (TPSA) is 59.5 Å². The summed E-state index contributed by atoms with van der Waals surface area (Å²) in [5, 5.41) is 0. The van der Waals surface area contributed by atoms with Crippen molar-refractivity contribution in [3.63, 3.8) is 0 Å². The zero-order chi connectivity index (χ0) is 11.3. The lowest BCUT2D eigenvalue weighted by atomic mass is 10.2. The Balaban J connectivity index is 2.67. The molecule has 4 heteroatoms. The molecule has 15 heavy (non-hydrogen) atoms. The van der Waals surface area contributed by atoms with E-state index in [9.17, 15) is 4.79 Å². The van der Waals surface area contributed by atoms with Crippen LogP contribution in [0.3, 0.4) is 0 Å². The Morgan fingerprint density at radius 2 is 2.33 bits per heavy atom. The second kappa shape index (κ2) is 5.56. The van der Waals surface area contributed by atoms with Crippen LogP contribution in [0.2, 0.25) is 0 Å². The van der Waals surface area contributed by atoms with Gasteiger partial charge < -0.3 is 15.1 Å². The maximum atomic E-state index is 12.0. The van der Waals surface area contributed by atoms with Gasteiger partial charge in [-0.05, 0) is 32.9 Å². The van der Waals surface area contributed by atoms with Gasteiger partial charge in [-0.3, -0.25) is 4.79 Å². The van der Waals surface area contributed by atoms with Crippen molar-refractivity contribution in [1.82, 2.24) is 4.90 Å². The van der Waals surface area contributed by atoms with Gasteiger partial charge in [0.05, 0.1) is 11.8 Å². The molecule has 0 aromatic carbocycles. The Kier molecular flexibility index (Phi) is 4.37. The summed E-state index contributed by atoms with van der Waals surface area (Å²) >= 11 is 0. The molecule has 0 fully saturated rings. The lowest BCUT2D eigenvalue weighted by Gasteiger charge is -2.26. The highest BCUT2D eigenvalue weighted by molar-refractivity contribution is 5.94. The number of nitrogens with zero attached hydrogens (tertiary/aromatic N) is 1. The van der Waals surface area contributed by atoms with E-state index in [4.69, 9.17) is 10.2 Å². The average molecular weight is 210 g/mol. The van der Waals surface area contributed by atoms with Gasteiger partial charge in [0.2, 0.25) is 0 Å².